The van der Waals surface area contributed by atoms with E-state index in [1.807, 2.05) is 0 Å². The van der Waals surface area contributed by atoms with Gasteiger partial charge in [0.25, 0.3) is 5.69 Å². The number of benzene rings is 2. The number of hydrogen-bond donors (Lipinski definition) is 1. The van der Waals surface area contributed by atoms with E-state index in [9.17, 15) is 22.9 Å². The van der Waals surface area contributed by atoms with Crippen molar-refractivity contribution in [3.8, 4) is 0 Å². The van der Waals surface area contributed by atoms with Crippen molar-refractivity contribution in [2.75, 3.05) is 18.1 Å². The molecule has 1 N–H and O–H groups in total. The monoisotopic (exact) mass is 338 g/mol. The number of nitrogens with one attached hydrogen (secondary N) is 1. The maximum absolute atomic E-state index is 13.5. The molecule has 0 aromatic heterocycles. The van der Waals surface area contributed by atoms with Gasteiger partial charge in [-0.05, 0) is 30.2 Å². The molecule has 8 heteroatoms. The van der Waals surface area contributed by atoms with Crippen LogP contribution in [0.2, 0.25) is 0 Å². The molecule has 0 aliphatic rings. The van der Waals surface area contributed by atoms with Crippen LogP contribution in [-0.2, 0) is 16.3 Å². The quantitative estimate of drug-likeness (QED) is 0.646. The van der Waals surface area contributed by atoms with Crippen molar-refractivity contribution in [1.82, 2.24) is 0 Å². The number of hydrogen-bond acceptors (Lipinski definition) is 5. The molecule has 0 atom stereocenters. The SMILES string of the molecule is CS(=O)(=O)c1ccc(NCCc2ccccc2F)c([N+](=O)[O-])c1. The average Bonchev–Trinajstić information content (AvgIpc) is 2.48. The molecule has 2 aromatic carbocycles. The van der Waals surface area contributed by atoms with Crippen LogP contribution in [0.25, 0.3) is 0 Å². The predicted octanol–water partition coefficient (Wildman–Crippen LogP) is 2.79. The van der Waals surface area contributed by atoms with Gasteiger partial charge in [0.05, 0.1) is 9.82 Å². The number of rotatable bonds is 6. The molecule has 0 bridgehead atoms. The van der Waals surface area contributed by atoms with E-state index in [2.05, 4.69) is 5.32 Å². The molecule has 0 saturated heterocycles. The molecule has 0 saturated carbocycles. The zero-order chi connectivity index (χ0) is 17.0. The fraction of sp³-hybridized carbons (Fsp3) is 0.200. The van der Waals surface area contributed by atoms with E-state index in [1.165, 1.54) is 18.2 Å². The Kier molecular flexibility index (Phi) is 4.95. The zero-order valence-electron chi connectivity index (χ0n) is 12.3. The van der Waals surface area contributed by atoms with E-state index in [0.29, 0.717) is 12.0 Å². The van der Waals surface area contributed by atoms with Gasteiger partial charge >= 0.3 is 0 Å². The molecule has 6 nitrogen and oxygen atoms in total. The minimum atomic E-state index is -3.53. The van der Waals surface area contributed by atoms with Crippen LogP contribution < -0.4 is 5.32 Å². The molecule has 0 amide bonds. The van der Waals surface area contributed by atoms with E-state index < -0.39 is 14.8 Å². The van der Waals surface area contributed by atoms with Crippen molar-refractivity contribution in [1.29, 1.82) is 0 Å². The molecule has 0 spiro atoms. The highest BCUT2D eigenvalue weighted by Crippen LogP contribution is 2.27. The third-order valence-corrected chi connectivity index (χ3v) is 4.37. The molecule has 0 aliphatic carbocycles. The largest absolute Gasteiger partial charge is 0.379 e. The van der Waals surface area contributed by atoms with Crippen molar-refractivity contribution in [2.45, 2.75) is 11.3 Å². The topological polar surface area (TPSA) is 89.3 Å². The Morgan fingerprint density at radius 2 is 1.91 bits per heavy atom. The Morgan fingerprint density at radius 1 is 1.22 bits per heavy atom. The van der Waals surface area contributed by atoms with E-state index in [0.717, 1.165) is 12.3 Å². The molecular weight excluding hydrogens is 323 g/mol. The summed E-state index contributed by atoms with van der Waals surface area (Å²) in [6, 6.07) is 9.93. The van der Waals surface area contributed by atoms with Crippen molar-refractivity contribution >= 4 is 21.2 Å². The molecule has 0 fully saturated rings. The number of sulfone groups is 1. The summed E-state index contributed by atoms with van der Waals surface area (Å²) in [5.41, 5.74) is 0.357. The third-order valence-electron chi connectivity index (χ3n) is 3.26. The van der Waals surface area contributed by atoms with Crippen molar-refractivity contribution < 1.29 is 17.7 Å². The van der Waals surface area contributed by atoms with Crippen LogP contribution in [0.15, 0.2) is 47.4 Å². The summed E-state index contributed by atoms with van der Waals surface area (Å²) in [6.07, 6.45) is 1.33. The van der Waals surface area contributed by atoms with Crippen LogP contribution in [0, 0.1) is 15.9 Å². The Labute approximate surface area is 133 Å². The lowest BCUT2D eigenvalue weighted by molar-refractivity contribution is -0.384. The lowest BCUT2D eigenvalue weighted by atomic mass is 10.1. The van der Waals surface area contributed by atoms with Crippen LogP contribution in [0.4, 0.5) is 15.8 Å². The van der Waals surface area contributed by atoms with Gasteiger partial charge < -0.3 is 5.32 Å². The number of halogens is 1. The first-order valence-electron chi connectivity index (χ1n) is 6.75. The Hall–Kier alpha value is -2.48. The van der Waals surface area contributed by atoms with Crippen molar-refractivity contribution in [3.05, 3.63) is 64.0 Å². The third kappa shape index (κ3) is 4.26. The first-order chi connectivity index (χ1) is 10.8. The molecule has 0 aliphatic heterocycles. The molecule has 122 valence electrons. The van der Waals surface area contributed by atoms with Crippen LogP contribution in [0.5, 0.6) is 0 Å². The minimum absolute atomic E-state index is 0.121. The van der Waals surface area contributed by atoms with E-state index in [4.69, 9.17) is 0 Å². The highest BCUT2D eigenvalue weighted by molar-refractivity contribution is 7.90. The molecule has 0 radical (unpaired) electrons. The second-order valence-corrected chi connectivity index (χ2v) is 6.99. The zero-order valence-corrected chi connectivity index (χ0v) is 13.1. The minimum Gasteiger partial charge on any atom is -0.379 e. The van der Waals surface area contributed by atoms with Gasteiger partial charge in [-0.2, -0.15) is 0 Å². The van der Waals surface area contributed by atoms with Gasteiger partial charge in [0.2, 0.25) is 0 Å². The van der Waals surface area contributed by atoms with Gasteiger partial charge in [0.1, 0.15) is 11.5 Å². The highest BCUT2D eigenvalue weighted by atomic mass is 32.2. The number of nitro groups is 1. The first kappa shape index (κ1) is 16.9. The molecular formula is C15H15FN2O4S. The van der Waals surface area contributed by atoms with E-state index in [1.54, 1.807) is 18.2 Å². The molecule has 23 heavy (non-hydrogen) atoms. The van der Waals surface area contributed by atoms with Crippen LogP contribution in [0.1, 0.15) is 5.56 Å². The Balaban J connectivity index is 2.17. The summed E-state index contributed by atoms with van der Waals surface area (Å²) in [6.45, 7) is 0.278. The smallest absolute Gasteiger partial charge is 0.293 e. The highest BCUT2D eigenvalue weighted by Gasteiger charge is 2.18. The summed E-state index contributed by atoms with van der Waals surface area (Å²) in [4.78, 5) is 10.3. The van der Waals surface area contributed by atoms with Crippen LogP contribution >= 0.6 is 0 Å². The molecule has 2 rings (SSSR count). The Morgan fingerprint density at radius 3 is 2.52 bits per heavy atom. The fourth-order valence-electron chi connectivity index (χ4n) is 2.08. The van der Waals surface area contributed by atoms with Crippen molar-refractivity contribution in [2.24, 2.45) is 0 Å². The van der Waals surface area contributed by atoms with Gasteiger partial charge in [-0.15, -0.1) is 0 Å². The number of nitrogens with zero attached hydrogens (tertiary/aromatic N) is 1. The summed E-state index contributed by atoms with van der Waals surface area (Å²) >= 11 is 0. The Bertz CT molecular complexity index is 837. The van der Waals surface area contributed by atoms with Crippen LogP contribution in [0.3, 0.4) is 0 Å². The van der Waals surface area contributed by atoms with E-state index >= 15 is 0 Å². The summed E-state index contributed by atoms with van der Waals surface area (Å²) in [5.74, 6) is -0.337. The molecule has 0 heterocycles. The fourth-order valence-corrected chi connectivity index (χ4v) is 2.72. The summed E-state index contributed by atoms with van der Waals surface area (Å²) in [5, 5.41) is 13.9. The molecule has 0 unspecified atom stereocenters. The standard InChI is InChI=1S/C15H15FN2O4S/c1-23(21,22)12-6-7-14(15(10-12)18(19)20)17-9-8-11-4-2-3-5-13(11)16/h2-7,10,17H,8-9H2,1H3. The number of anilines is 1. The van der Waals surface area contributed by atoms with Gasteiger partial charge in [-0.1, -0.05) is 18.2 Å². The van der Waals surface area contributed by atoms with Gasteiger partial charge in [0, 0.05) is 18.9 Å². The summed E-state index contributed by atoms with van der Waals surface area (Å²) in [7, 11) is -3.53. The van der Waals surface area contributed by atoms with Gasteiger partial charge in [-0.3, -0.25) is 10.1 Å². The first-order valence-corrected chi connectivity index (χ1v) is 8.64. The van der Waals surface area contributed by atoms with Gasteiger partial charge in [-0.25, -0.2) is 12.8 Å². The van der Waals surface area contributed by atoms with Gasteiger partial charge in [0.15, 0.2) is 9.84 Å². The predicted molar refractivity (Wildman–Crippen MR) is 84.8 cm³/mol. The lowest BCUT2D eigenvalue weighted by Crippen LogP contribution is -2.08. The second kappa shape index (κ2) is 6.74. The second-order valence-electron chi connectivity index (χ2n) is 4.98. The van der Waals surface area contributed by atoms with E-state index in [-0.39, 0.29) is 28.6 Å². The molecule has 2 aromatic rings. The number of nitro benzene ring substituents is 1. The lowest BCUT2D eigenvalue weighted by Gasteiger charge is -2.09. The van der Waals surface area contributed by atoms with Crippen LogP contribution in [-0.4, -0.2) is 26.1 Å². The maximum Gasteiger partial charge on any atom is 0.293 e. The summed E-state index contributed by atoms with van der Waals surface area (Å²) < 4.78 is 36.4. The average molecular weight is 338 g/mol. The van der Waals surface area contributed by atoms with Crippen molar-refractivity contribution in [3.63, 3.8) is 0 Å². The normalized spacial score (nSPS) is 11.2. The maximum atomic E-state index is 13.5.